The van der Waals surface area contributed by atoms with Gasteiger partial charge in [-0.25, -0.2) is 0 Å². The Morgan fingerprint density at radius 2 is 1.87 bits per heavy atom. The average molecular weight is 443 g/mol. The van der Waals surface area contributed by atoms with E-state index >= 15 is 0 Å². The average Bonchev–Trinajstić information content (AvgIpc) is 2.99. The van der Waals surface area contributed by atoms with E-state index in [4.69, 9.17) is 12.2 Å². The van der Waals surface area contributed by atoms with E-state index in [1.165, 1.54) is 33.7 Å². The highest BCUT2D eigenvalue weighted by atomic mass is 32.2. The maximum Gasteiger partial charge on any atom is 0.266 e. The van der Waals surface area contributed by atoms with Crippen molar-refractivity contribution in [2.24, 2.45) is 0 Å². The number of hydrogen-bond donors (Lipinski definition) is 2. The quantitative estimate of drug-likeness (QED) is 0.506. The second kappa shape index (κ2) is 9.88. The SMILES string of the molecule is CN(CC(O)c1ccc(O)cc1)C(=O)CCN1C(=O)C(=Cc2ccccc2)SC1=S. The lowest BCUT2D eigenvalue weighted by Crippen LogP contribution is -2.36. The van der Waals surface area contributed by atoms with E-state index in [2.05, 4.69) is 0 Å². The van der Waals surface area contributed by atoms with Crippen molar-refractivity contribution in [2.45, 2.75) is 12.5 Å². The molecule has 1 heterocycles. The van der Waals surface area contributed by atoms with Gasteiger partial charge in [-0.05, 0) is 29.3 Å². The normalized spacial score (nSPS) is 16.2. The number of amides is 2. The molecule has 156 valence electrons. The Hall–Kier alpha value is -2.68. The van der Waals surface area contributed by atoms with Crippen molar-refractivity contribution in [1.29, 1.82) is 0 Å². The van der Waals surface area contributed by atoms with Crippen LogP contribution < -0.4 is 0 Å². The first kappa shape index (κ1) is 22.0. The molecule has 2 aromatic rings. The number of carbonyl (C=O) groups excluding carboxylic acids is 2. The molecule has 8 heteroatoms. The van der Waals surface area contributed by atoms with Crippen LogP contribution in [0.4, 0.5) is 0 Å². The van der Waals surface area contributed by atoms with Gasteiger partial charge in [-0.1, -0.05) is 66.4 Å². The van der Waals surface area contributed by atoms with E-state index in [0.29, 0.717) is 14.8 Å². The number of thiocarbonyl (C=S) groups is 1. The minimum atomic E-state index is -0.870. The van der Waals surface area contributed by atoms with Crippen LogP contribution in [0.15, 0.2) is 59.5 Å². The highest BCUT2D eigenvalue weighted by Gasteiger charge is 2.32. The number of phenolic OH excluding ortho intramolecular Hbond substituents is 1. The van der Waals surface area contributed by atoms with Crippen molar-refractivity contribution in [3.8, 4) is 5.75 Å². The predicted octanol–water partition coefficient (Wildman–Crippen LogP) is 3.18. The second-order valence-electron chi connectivity index (χ2n) is 6.88. The molecule has 0 radical (unpaired) electrons. The van der Waals surface area contributed by atoms with Gasteiger partial charge in [0.1, 0.15) is 10.1 Å². The third-order valence-electron chi connectivity index (χ3n) is 4.67. The van der Waals surface area contributed by atoms with Gasteiger partial charge in [0.2, 0.25) is 5.91 Å². The fourth-order valence-corrected chi connectivity index (χ4v) is 4.26. The molecule has 0 aromatic heterocycles. The number of aliphatic hydroxyl groups excluding tert-OH is 1. The fraction of sp³-hybridized carbons (Fsp3) is 0.227. The zero-order chi connectivity index (χ0) is 21.7. The van der Waals surface area contributed by atoms with E-state index in [0.717, 1.165) is 5.56 Å². The van der Waals surface area contributed by atoms with Crippen LogP contribution in [-0.4, -0.2) is 56.3 Å². The molecule has 0 spiro atoms. The van der Waals surface area contributed by atoms with Crippen LogP contribution in [0.2, 0.25) is 0 Å². The molecule has 30 heavy (non-hydrogen) atoms. The first-order valence-corrected chi connectivity index (χ1v) is 10.6. The Kier molecular flexibility index (Phi) is 7.25. The summed E-state index contributed by atoms with van der Waals surface area (Å²) in [6.45, 7) is 0.297. The van der Waals surface area contributed by atoms with Gasteiger partial charge >= 0.3 is 0 Å². The number of thioether (sulfide) groups is 1. The highest BCUT2D eigenvalue weighted by Crippen LogP contribution is 2.32. The van der Waals surface area contributed by atoms with Crippen molar-refractivity contribution in [1.82, 2.24) is 9.80 Å². The molecule has 2 aromatic carbocycles. The van der Waals surface area contributed by atoms with Crippen LogP contribution in [-0.2, 0) is 9.59 Å². The number of phenols is 1. The minimum Gasteiger partial charge on any atom is -0.508 e. The smallest absolute Gasteiger partial charge is 0.266 e. The first-order chi connectivity index (χ1) is 14.3. The second-order valence-corrected chi connectivity index (χ2v) is 8.55. The van der Waals surface area contributed by atoms with E-state index in [-0.39, 0.29) is 37.1 Å². The third kappa shape index (κ3) is 5.47. The Labute approximate surface area is 184 Å². The Morgan fingerprint density at radius 1 is 1.20 bits per heavy atom. The number of carbonyl (C=O) groups is 2. The van der Waals surface area contributed by atoms with Gasteiger partial charge < -0.3 is 15.1 Å². The molecule has 0 saturated carbocycles. The standard InChI is InChI=1S/C22H22N2O4S2/c1-23(14-18(26)16-7-9-17(25)10-8-16)20(27)11-12-24-21(28)19(30-22(24)29)13-15-5-3-2-4-6-15/h2-10,13,18,25-26H,11-12,14H2,1H3. The molecule has 2 amide bonds. The lowest BCUT2D eigenvalue weighted by atomic mass is 10.1. The van der Waals surface area contributed by atoms with Crippen LogP contribution >= 0.6 is 24.0 Å². The molecule has 1 aliphatic heterocycles. The monoisotopic (exact) mass is 442 g/mol. The summed E-state index contributed by atoms with van der Waals surface area (Å²) < 4.78 is 0.432. The molecule has 0 aliphatic carbocycles. The predicted molar refractivity (Wildman–Crippen MR) is 122 cm³/mol. The molecule has 2 N–H and O–H groups in total. The lowest BCUT2D eigenvalue weighted by molar-refractivity contribution is -0.131. The van der Waals surface area contributed by atoms with E-state index in [1.807, 2.05) is 30.3 Å². The third-order valence-corrected chi connectivity index (χ3v) is 6.05. The molecule has 1 aliphatic rings. The zero-order valence-electron chi connectivity index (χ0n) is 16.4. The van der Waals surface area contributed by atoms with Crippen molar-refractivity contribution in [2.75, 3.05) is 20.1 Å². The van der Waals surface area contributed by atoms with Gasteiger partial charge in [0.05, 0.1) is 17.6 Å². The van der Waals surface area contributed by atoms with Crippen molar-refractivity contribution >= 4 is 46.2 Å². The molecular formula is C22H22N2O4S2. The van der Waals surface area contributed by atoms with Crippen LogP contribution in [0.5, 0.6) is 5.75 Å². The van der Waals surface area contributed by atoms with Gasteiger partial charge in [0.15, 0.2) is 0 Å². The number of likely N-dealkylation sites (N-methyl/N-ethyl adjacent to an activating group) is 1. The number of hydrogen-bond acceptors (Lipinski definition) is 6. The van der Waals surface area contributed by atoms with Gasteiger partial charge in [-0.2, -0.15) is 0 Å². The van der Waals surface area contributed by atoms with Gasteiger partial charge in [0.25, 0.3) is 5.91 Å². The summed E-state index contributed by atoms with van der Waals surface area (Å²) in [5.41, 5.74) is 1.52. The van der Waals surface area contributed by atoms with Crippen LogP contribution in [0.3, 0.4) is 0 Å². The number of benzene rings is 2. The summed E-state index contributed by atoms with van der Waals surface area (Å²) in [5.74, 6) is -0.289. The van der Waals surface area contributed by atoms with E-state index < -0.39 is 6.10 Å². The van der Waals surface area contributed by atoms with E-state index in [9.17, 15) is 19.8 Å². The maximum atomic E-state index is 12.7. The van der Waals surface area contributed by atoms with Crippen molar-refractivity contribution < 1.29 is 19.8 Å². The van der Waals surface area contributed by atoms with Crippen molar-refractivity contribution in [3.63, 3.8) is 0 Å². The maximum absolute atomic E-state index is 12.7. The molecular weight excluding hydrogens is 420 g/mol. The first-order valence-electron chi connectivity index (χ1n) is 9.36. The zero-order valence-corrected chi connectivity index (χ0v) is 18.0. The summed E-state index contributed by atoms with van der Waals surface area (Å²) in [6, 6.07) is 15.7. The Balaban J connectivity index is 1.54. The summed E-state index contributed by atoms with van der Waals surface area (Å²) in [6.07, 6.45) is 1.02. The number of nitrogens with zero attached hydrogens (tertiary/aromatic N) is 2. The Morgan fingerprint density at radius 3 is 2.53 bits per heavy atom. The number of aliphatic hydroxyl groups is 1. The molecule has 1 fully saturated rings. The fourth-order valence-electron chi connectivity index (χ4n) is 2.95. The van der Waals surface area contributed by atoms with Crippen LogP contribution in [0.1, 0.15) is 23.7 Å². The lowest BCUT2D eigenvalue weighted by Gasteiger charge is -2.22. The highest BCUT2D eigenvalue weighted by molar-refractivity contribution is 8.26. The summed E-state index contributed by atoms with van der Waals surface area (Å²) in [5, 5.41) is 19.6. The summed E-state index contributed by atoms with van der Waals surface area (Å²) >= 11 is 6.54. The van der Waals surface area contributed by atoms with Gasteiger partial charge in [0, 0.05) is 20.0 Å². The largest absolute Gasteiger partial charge is 0.508 e. The molecule has 1 saturated heterocycles. The van der Waals surface area contributed by atoms with Crippen molar-refractivity contribution in [3.05, 3.63) is 70.6 Å². The Bertz CT molecular complexity index is 961. The van der Waals surface area contributed by atoms with Gasteiger partial charge in [-0.15, -0.1) is 0 Å². The minimum absolute atomic E-state index is 0.101. The number of rotatable bonds is 7. The van der Waals surface area contributed by atoms with E-state index in [1.54, 1.807) is 25.3 Å². The molecule has 6 nitrogen and oxygen atoms in total. The number of aromatic hydroxyl groups is 1. The summed E-state index contributed by atoms with van der Waals surface area (Å²) in [4.78, 5) is 28.5. The van der Waals surface area contributed by atoms with Crippen LogP contribution in [0.25, 0.3) is 6.08 Å². The molecule has 3 rings (SSSR count). The van der Waals surface area contributed by atoms with Gasteiger partial charge in [-0.3, -0.25) is 14.5 Å². The van der Waals surface area contributed by atoms with Crippen LogP contribution in [0, 0.1) is 0 Å². The summed E-state index contributed by atoms with van der Waals surface area (Å²) in [7, 11) is 1.60. The topological polar surface area (TPSA) is 81.1 Å². The molecule has 1 atom stereocenters. The molecule has 1 unspecified atom stereocenters. The molecule has 0 bridgehead atoms.